The van der Waals surface area contributed by atoms with E-state index in [2.05, 4.69) is 45.9 Å². The summed E-state index contributed by atoms with van der Waals surface area (Å²) in [6.07, 6.45) is 5.72. The monoisotopic (exact) mass is 444 g/mol. The first-order chi connectivity index (χ1) is 15.7. The molecule has 1 heterocycles. The van der Waals surface area contributed by atoms with Crippen LogP contribution in [0.2, 0.25) is 0 Å². The number of urea groups is 1. The van der Waals surface area contributed by atoms with Crippen LogP contribution in [0.4, 0.5) is 10.5 Å². The maximum absolute atomic E-state index is 13.3. The number of hydrogen-bond donors (Lipinski definition) is 0. The summed E-state index contributed by atoms with van der Waals surface area (Å²) in [6, 6.07) is 16.3. The van der Waals surface area contributed by atoms with Crippen LogP contribution >= 0.6 is 0 Å². The number of anilines is 1. The van der Waals surface area contributed by atoms with E-state index in [0.29, 0.717) is 24.1 Å². The highest BCUT2D eigenvalue weighted by Gasteiger charge is 2.53. The summed E-state index contributed by atoms with van der Waals surface area (Å²) < 4.78 is 0. The average Bonchev–Trinajstić information content (AvgIpc) is 3.06. The molecule has 4 heteroatoms. The molecule has 2 aromatic carbocycles. The minimum atomic E-state index is -0.169. The van der Waals surface area contributed by atoms with E-state index in [1.807, 2.05) is 30.3 Å². The van der Waals surface area contributed by atoms with Crippen LogP contribution in [0.3, 0.4) is 0 Å². The van der Waals surface area contributed by atoms with Crippen molar-refractivity contribution in [2.75, 3.05) is 18.0 Å². The number of carbonyl (C=O) groups is 2. The second-order valence-corrected chi connectivity index (χ2v) is 11.3. The molecule has 3 aliphatic rings. The van der Waals surface area contributed by atoms with Crippen LogP contribution in [0.25, 0.3) is 0 Å². The van der Waals surface area contributed by atoms with E-state index in [-0.39, 0.29) is 29.3 Å². The quantitative estimate of drug-likeness (QED) is 0.520. The van der Waals surface area contributed by atoms with Crippen molar-refractivity contribution in [3.8, 4) is 0 Å². The topological polar surface area (TPSA) is 40.6 Å². The Morgan fingerprint density at radius 2 is 1.79 bits per heavy atom. The molecule has 1 saturated heterocycles. The van der Waals surface area contributed by atoms with Gasteiger partial charge in [0.1, 0.15) is 6.54 Å². The summed E-state index contributed by atoms with van der Waals surface area (Å²) >= 11 is 0. The SMILES string of the molecule is CC(C)c1ccc2c(c1)CC[C@H]1[C@](C)(CN3CC(=O)N(c4ccccc4)C3=O)CCC[C@]21C. The van der Waals surface area contributed by atoms with Crippen LogP contribution in [-0.4, -0.2) is 29.9 Å². The zero-order chi connectivity index (χ0) is 23.4. The third-order valence-corrected chi connectivity index (χ3v) is 8.77. The van der Waals surface area contributed by atoms with Gasteiger partial charge in [-0.05, 0) is 77.2 Å². The van der Waals surface area contributed by atoms with Crippen molar-refractivity contribution in [1.82, 2.24) is 4.90 Å². The van der Waals surface area contributed by atoms with Gasteiger partial charge in [-0.3, -0.25) is 4.79 Å². The highest BCUT2D eigenvalue weighted by Crippen LogP contribution is 2.57. The fraction of sp³-hybridized carbons (Fsp3) is 0.517. The van der Waals surface area contributed by atoms with Gasteiger partial charge in [-0.15, -0.1) is 0 Å². The molecule has 4 nitrogen and oxygen atoms in total. The Morgan fingerprint density at radius 3 is 2.52 bits per heavy atom. The molecule has 0 bridgehead atoms. The number of para-hydroxylation sites is 1. The summed E-state index contributed by atoms with van der Waals surface area (Å²) in [4.78, 5) is 29.3. The first kappa shape index (κ1) is 22.2. The first-order valence-electron chi connectivity index (χ1n) is 12.5. The summed E-state index contributed by atoms with van der Waals surface area (Å²) in [6.45, 7) is 10.2. The van der Waals surface area contributed by atoms with Crippen molar-refractivity contribution in [2.45, 2.75) is 71.1 Å². The Morgan fingerprint density at radius 1 is 1.03 bits per heavy atom. The van der Waals surface area contributed by atoms with E-state index >= 15 is 0 Å². The van der Waals surface area contributed by atoms with Gasteiger partial charge in [0.2, 0.25) is 0 Å². The lowest BCUT2D eigenvalue weighted by molar-refractivity contribution is -0.116. The highest BCUT2D eigenvalue weighted by atomic mass is 16.2. The predicted molar refractivity (Wildman–Crippen MR) is 133 cm³/mol. The number of amides is 3. The maximum atomic E-state index is 13.3. The standard InChI is InChI=1S/C29H36N2O2/c1-20(2)21-11-13-24-22(17-21)12-14-25-28(3,15-8-16-29(24,25)4)19-30-18-26(32)31(27(30)33)23-9-6-5-7-10-23/h5-7,9-11,13,17,20,25H,8,12,14-16,18-19H2,1-4H3/t25-,28-,29+/m0/s1. The van der Waals surface area contributed by atoms with Gasteiger partial charge in [0, 0.05) is 6.54 Å². The molecule has 0 aromatic heterocycles. The molecule has 33 heavy (non-hydrogen) atoms. The fourth-order valence-corrected chi connectivity index (χ4v) is 7.13. The number of benzene rings is 2. The lowest BCUT2D eigenvalue weighted by Gasteiger charge is -2.56. The van der Waals surface area contributed by atoms with Crippen molar-refractivity contribution < 1.29 is 9.59 Å². The van der Waals surface area contributed by atoms with Gasteiger partial charge in [0.25, 0.3) is 5.91 Å². The molecular weight excluding hydrogens is 408 g/mol. The second kappa shape index (κ2) is 8.00. The molecule has 1 aliphatic heterocycles. The number of hydrogen-bond acceptors (Lipinski definition) is 2. The molecule has 2 aromatic rings. The Kier molecular flexibility index (Phi) is 5.38. The summed E-state index contributed by atoms with van der Waals surface area (Å²) in [5, 5.41) is 0. The van der Waals surface area contributed by atoms with E-state index in [1.54, 1.807) is 4.90 Å². The smallest absolute Gasteiger partial charge is 0.314 e. The zero-order valence-corrected chi connectivity index (χ0v) is 20.4. The molecule has 0 radical (unpaired) electrons. The van der Waals surface area contributed by atoms with Gasteiger partial charge < -0.3 is 4.90 Å². The molecule has 2 fully saturated rings. The fourth-order valence-electron chi connectivity index (χ4n) is 7.13. The molecule has 1 saturated carbocycles. The van der Waals surface area contributed by atoms with E-state index < -0.39 is 0 Å². The number of fused-ring (bicyclic) bond motifs is 3. The third-order valence-electron chi connectivity index (χ3n) is 8.77. The van der Waals surface area contributed by atoms with Crippen molar-refractivity contribution in [3.05, 3.63) is 65.2 Å². The van der Waals surface area contributed by atoms with E-state index in [9.17, 15) is 9.59 Å². The predicted octanol–water partition coefficient (Wildman–Crippen LogP) is 6.29. The molecule has 5 rings (SSSR count). The normalized spacial score (nSPS) is 29.4. The third kappa shape index (κ3) is 3.59. The second-order valence-electron chi connectivity index (χ2n) is 11.3. The van der Waals surface area contributed by atoms with Gasteiger partial charge >= 0.3 is 6.03 Å². The van der Waals surface area contributed by atoms with Crippen molar-refractivity contribution in [2.24, 2.45) is 11.3 Å². The van der Waals surface area contributed by atoms with Gasteiger partial charge in [-0.25, -0.2) is 9.69 Å². The maximum Gasteiger partial charge on any atom is 0.331 e. The largest absolute Gasteiger partial charge is 0.331 e. The molecule has 0 N–H and O–H groups in total. The highest BCUT2D eigenvalue weighted by molar-refractivity contribution is 6.19. The first-order valence-corrected chi connectivity index (χ1v) is 12.5. The van der Waals surface area contributed by atoms with Crippen LogP contribution in [0.1, 0.15) is 76.0 Å². The Hall–Kier alpha value is -2.62. The lowest BCUT2D eigenvalue weighted by atomic mass is 9.49. The minimum Gasteiger partial charge on any atom is -0.314 e. The number of nitrogens with zero attached hydrogens (tertiary/aromatic N) is 2. The molecule has 3 atom stereocenters. The van der Waals surface area contributed by atoms with E-state index in [4.69, 9.17) is 0 Å². The number of rotatable bonds is 4. The molecular formula is C29H36N2O2. The van der Waals surface area contributed by atoms with Crippen molar-refractivity contribution >= 4 is 17.6 Å². The minimum absolute atomic E-state index is 0.00402. The van der Waals surface area contributed by atoms with Crippen LogP contribution in [0.15, 0.2) is 48.5 Å². The van der Waals surface area contributed by atoms with Crippen LogP contribution < -0.4 is 4.90 Å². The zero-order valence-electron chi connectivity index (χ0n) is 20.4. The van der Waals surface area contributed by atoms with Gasteiger partial charge in [0.05, 0.1) is 5.69 Å². The van der Waals surface area contributed by atoms with Crippen LogP contribution in [0.5, 0.6) is 0 Å². The Bertz CT molecular complexity index is 1080. The summed E-state index contributed by atoms with van der Waals surface area (Å²) in [5.74, 6) is 0.928. The van der Waals surface area contributed by atoms with Gasteiger partial charge in [0.15, 0.2) is 0 Å². The number of aryl methyl sites for hydroxylation is 1. The van der Waals surface area contributed by atoms with Crippen LogP contribution in [0, 0.1) is 11.3 Å². The summed E-state index contributed by atoms with van der Waals surface area (Å²) in [5.41, 5.74) is 5.26. The number of carbonyl (C=O) groups excluding carboxylic acids is 2. The average molecular weight is 445 g/mol. The van der Waals surface area contributed by atoms with Crippen molar-refractivity contribution in [3.63, 3.8) is 0 Å². The lowest BCUT2D eigenvalue weighted by Crippen LogP contribution is -2.53. The molecule has 2 aliphatic carbocycles. The molecule has 0 spiro atoms. The van der Waals surface area contributed by atoms with E-state index in [0.717, 1.165) is 25.7 Å². The van der Waals surface area contributed by atoms with Gasteiger partial charge in [-0.1, -0.05) is 70.5 Å². The molecule has 174 valence electrons. The summed E-state index contributed by atoms with van der Waals surface area (Å²) in [7, 11) is 0. The molecule has 3 amide bonds. The Balaban J connectivity index is 1.42. The Labute approximate surface area is 198 Å². The van der Waals surface area contributed by atoms with Gasteiger partial charge in [-0.2, -0.15) is 0 Å². The van der Waals surface area contributed by atoms with Crippen LogP contribution in [-0.2, 0) is 16.6 Å². The van der Waals surface area contributed by atoms with Crippen molar-refractivity contribution in [1.29, 1.82) is 0 Å². The number of imide groups is 1. The molecule has 0 unspecified atom stereocenters. The van der Waals surface area contributed by atoms with E-state index in [1.165, 1.54) is 28.0 Å².